The quantitative estimate of drug-likeness (QED) is 0.842. The average Bonchev–Trinajstić information content (AvgIpc) is 2.72. The van der Waals surface area contributed by atoms with Gasteiger partial charge in [0.2, 0.25) is 0 Å². The predicted octanol–water partition coefficient (Wildman–Crippen LogP) is 2.16. The Hall–Kier alpha value is -1.63. The highest BCUT2D eigenvalue weighted by atomic mass is 16.6. The molecule has 1 N–H and O–H groups in total. The van der Waals surface area contributed by atoms with Crippen LogP contribution in [0.4, 0.5) is 4.79 Å². The maximum absolute atomic E-state index is 12.3. The van der Waals surface area contributed by atoms with Crippen LogP contribution in [0, 0.1) is 5.41 Å². The van der Waals surface area contributed by atoms with Crippen LogP contribution in [0.2, 0.25) is 0 Å². The minimum absolute atomic E-state index is 0.175. The molecule has 3 saturated heterocycles. The van der Waals surface area contributed by atoms with Crippen LogP contribution in [0.1, 0.15) is 31.2 Å². The molecule has 6 heteroatoms. The van der Waals surface area contributed by atoms with Crippen molar-refractivity contribution in [1.82, 2.24) is 20.0 Å². The minimum Gasteiger partial charge on any atom is -0.445 e. The Kier molecular flexibility index (Phi) is 5.50. The fourth-order valence-corrected chi connectivity index (χ4v) is 5.66. The van der Waals surface area contributed by atoms with Crippen LogP contribution in [0.3, 0.4) is 0 Å². The van der Waals surface area contributed by atoms with Crippen molar-refractivity contribution < 1.29 is 9.53 Å². The zero-order valence-corrected chi connectivity index (χ0v) is 17.4. The summed E-state index contributed by atoms with van der Waals surface area (Å²) >= 11 is 0. The van der Waals surface area contributed by atoms with Gasteiger partial charge in [0, 0.05) is 51.4 Å². The van der Waals surface area contributed by atoms with Crippen molar-refractivity contribution in [2.24, 2.45) is 5.41 Å². The number of piperidine rings is 1. The summed E-state index contributed by atoms with van der Waals surface area (Å²) in [5.74, 6) is 0. The van der Waals surface area contributed by atoms with E-state index in [-0.39, 0.29) is 6.09 Å². The largest absolute Gasteiger partial charge is 0.445 e. The van der Waals surface area contributed by atoms with E-state index in [1.54, 1.807) is 0 Å². The first-order valence-electron chi connectivity index (χ1n) is 11.4. The highest BCUT2D eigenvalue weighted by Gasteiger charge is 2.49. The molecule has 5 rings (SSSR count). The van der Waals surface area contributed by atoms with Crippen molar-refractivity contribution >= 4 is 6.09 Å². The average molecular weight is 399 g/mol. The Morgan fingerprint density at radius 2 is 1.66 bits per heavy atom. The molecule has 4 fully saturated rings. The van der Waals surface area contributed by atoms with Crippen LogP contribution in [0.15, 0.2) is 30.3 Å². The summed E-state index contributed by atoms with van der Waals surface area (Å²) in [6, 6.07) is 11.4. The Morgan fingerprint density at radius 3 is 2.34 bits per heavy atom. The fourth-order valence-electron chi connectivity index (χ4n) is 5.66. The number of carbonyl (C=O) groups excluding carboxylic acids is 1. The van der Waals surface area contributed by atoms with Gasteiger partial charge in [0.05, 0.1) is 0 Å². The zero-order chi connectivity index (χ0) is 19.7. The van der Waals surface area contributed by atoms with E-state index in [0.29, 0.717) is 18.1 Å². The number of likely N-dealkylation sites (tertiary alicyclic amines) is 1. The van der Waals surface area contributed by atoms with Crippen molar-refractivity contribution in [3.8, 4) is 0 Å². The minimum atomic E-state index is -0.175. The Morgan fingerprint density at radius 1 is 0.966 bits per heavy atom. The molecular formula is C23H34N4O2. The molecule has 0 bridgehead atoms. The van der Waals surface area contributed by atoms with Crippen molar-refractivity contribution in [3.63, 3.8) is 0 Å². The molecule has 0 radical (unpaired) electrons. The van der Waals surface area contributed by atoms with Crippen molar-refractivity contribution in [2.45, 2.75) is 44.4 Å². The Labute approximate surface area is 174 Å². The lowest BCUT2D eigenvalue weighted by Gasteiger charge is -2.59. The van der Waals surface area contributed by atoms with Crippen LogP contribution in [0.5, 0.6) is 0 Å². The van der Waals surface area contributed by atoms with Gasteiger partial charge in [0.1, 0.15) is 6.61 Å². The molecule has 29 heavy (non-hydrogen) atoms. The van der Waals surface area contributed by atoms with Gasteiger partial charge in [-0.25, -0.2) is 4.79 Å². The van der Waals surface area contributed by atoms with E-state index in [2.05, 4.69) is 15.1 Å². The summed E-state index contributed by atoms with van der Waals surface area (Å²) in [5, 5.41) is 3.50. The van der Waals surface area contributed by atoms with Gasteiger partial charge < -0.3 is 15.0 Å². The summed E-state index contributed by atoms with van der Waals surface area (Å²) in [6.45, 7) is 8.73. The number of piperazine rings is 1. The lowest BCUT2D eigenvalue weighted by Crippen LogP contribution is -2.68. The lowest BCUT2D eigenvalue weighted by molar-refractivity contribution is -0.0844. The van der Waals surface area contributed by atoms with E-state index in [1.807, 2.05) is 35.2 Å². The first-order valence-corrected chi connectivity index (χ1v) is 11.4. The third-order valence-corrected chi connectivity index (χ3v) is 7.70. The van der Waals surface area contributed by atoms with E-state index in [9.17, 15) is 4.79 Å². The first-order chi connectivity index (χ1) is 14.2. The SMILES string of the molecule is O=C(OCc1ccccc1)N1CCN(C2CN(C3CC4(CCNCC4)C3)C2)CC1. The molecule has 1 saturated carbocycles. The summed E-state index contributed by atoms with van der Waals surface area (Å²) < 4.78 is 5.48. The van der Waals surface area contributed by atoms with Crippen molar-refractivity contribution in [2.75, 3.05) is 52.4 Å². The fraction of sp³-hybridized carbons (Fsp3) is 0.696. The molecule has 4 aliphatic rings. The molecule has 1 amide bonds. The van der Waals surface area contributed by atoms with Gasteiger partial charge in [-0.1, -0.05) is 30.3 Å². The van der Waals surface area contributed by atoms with Crippen LogP contribution in [-0.4, -0.2) is 85.2 Å². The standard InChI is InChI=1S/C23H34N4O2/c28-22(29-18-19-4-2-1-3-5-19)26-12-10-25(11-13-26)21-16-27(17-21)20-14-23(15-20)6-8-24-9-7-23/h1-5,20-21,24H,6-18H2. The monoisotopic (exact) mass is 398 g/mol. The number of nitrogens with one attached hydrogen (secondary N) is 1. The molecule has 1 spiro atoms. The molecule has 1 aliphatic carbocycles. The molecule has 0 aromatic heterocycles. The topological polar surface area (TPSA) is 48.1 Å². The van der Waals surface area contributed by atoms with Gasteiger partial charge >= 0.3 is 6.09 Å². The first kappa shape index (κ1) is 19.3. The van der Waals surface area contributed by atoms with Gasteiger partial charge in [-0.2, -0.15) is 0 Å². The van der Waals surface area contributed by atoms with Gasteiger partial charge in [-0.3, -0.25) is 9.80 Å². The van der Waals surface area contributed by atoms with Gasteiger partial charge in [-0.05, 0) is 49.8 Å². The van der Waals surface area contributed by atoms with Gasteiger partial charge in [0.25, 0.3) is 0 Å². The smallest absolute Gasteiger partial charge is 0.410 e. The maximum Gasteiger partial charge on any atom is 0.410 e. The van der Waals surface area contributed by atoms with Gasteiger partial charge in [-0.15, -0.1) is 0 Å². The third kappa shape index (κ3) is 4.16. The summed E-state index contributed by atoms with van der Waals surface area (Å²) in [4.78, 5) is 19.5. The summed E-state index contributed by atoms with van der Waals surface area (Å²) in [5.41, 5.74) is 1.71. The predicted molar refractivity (Wildman–Crippen MR) is 113 cm³/mol. The number of ether oxygens (including phenoxy) is 1. The second-order valence-electron chi connectivity index (χ2n) is 9.48. The van der Waals surface area contributed by atoms with Crippen LogP contribution in [-0.2, 0) is 11.3 Å². The van der Waals surface area contributed by atoms with E-state index in [4.69, 9.17) is 4.74 Å². The highest BCUT2D eigenvalue weighted by Crippen LogP contribution is 2.50. The molecule has 158 valence electrons. The number of hydrogen-bond acceptors (Lipinski definition) is 5. The number of carbonyl (C=O) groups is 1. The maximum atomic E-state index is 12.3. The van der Waals surface area contributed by atoms with Crippen LogP contribution in [0.25, 0.3) is 0 Å². The molecule has 0 unspecified atom stereocenters. The third-order valence-electron chi connectivity index (χ3n) is 7.70. The highest BCUT2D eigenvalue weighted by molar-refractivity contribution is 5.67. The molecule has 1 aromatic carbocycles. The molecule has 3 heterocycles. The number of amides is 1. The van der Waals surface area contributed by atoms with Gasteiger partial charge in [0.15, 0.2) is 0 Å². The molecular weight excluding hydrogens is 364 g/mol. The molecule has 6 nitrogen and oxygen atoms in total. The Balaban J connectivity index is 1.000. The van der Waals surface area contributed by atoms with Crippen LogP contribution < -0.4 is 5.32 Å². The Bertz CT molecular complexity index is 684. The molecule has 3 aliphatic heterocycles. The summed E-state index contributed by atoms with van der Waals surface area (Å²) in [6.07, 6.45) is 5.42. The van der Waals surface area contributed by atoms with Crippen molar-refractivity contribution in [1.29, 1.82) is 0 Å². The van der Waals surface area contributed by atoms with E-state index in [0.717, 1.165) is 37.8 Å². The van der Waals surface area contributed by atoms with Crippen LogP contribution >= 0.6 is 0 Å². The second-order valence-corrected chi connectivity index (χ2v) is 9.48. The normalized spacial score (nSPS) is 26.1. The second kappa shape index (κ2) is 8.25. The molecule has 1 aromatic rings. The number of nitrogens with zero attached hydrogens (tertiary/aromatic N) is 3. The van der Waals surface area contributed by atoms with E-state index >= 15 is 0 Å². The lowest BCUT2D eigenvalue weighted by atomic mass is 9.60. The zero-order valence-electron chi connectivity index (χ0n) is 17.4. The number of benzene rings is 1. The summed E-state index contributed by atoms with van der Waals surface area (Å²) in [7, 11) is 0. The van der Waals surface area contributed by atoms with Crippen molar-refractivity contribution in [3.05, 3.63) is 35.9 Å². The molecule has 0 atom stereocenters. The van der Waals surface area contributed by atoms with E-state index < -0.39 is 0 Å². The van der Waals surface area contributed by atoms with E-state index in [1.165, 1.54) is 51.9 Å². The number of hydrogen-bond donors (Lipinski definition) is 1. The number of rotatable bonds is 4.